The molecule has 0 aliphatic heterocycles. The van der Waals surface area contributed by atoms with Crippen LogP contribution in [0.4, 0.5) is 0 Å². The van der Waals surface area contributed by atoms with Crippen molar-refractivity contribution in [2.45, 2.75) is 25.8 Å². The van der Waals surface area contributed by atoms with Crippen molar-refractivity contribution in [3.05, 3.63) is 58.1 Å². The van der Waals surface area contributed by atoms with Gasteiger partial charge in [0, 0.05) is 10.6 Å². The van der Waals surface area contributed by atoms with Crippen LogP contribution in [0.25, 0.3) is 0 Å². The van der Waals surface area contributed by atoms with E-state index in [1.165, 1.54) is 0 Å². The van der Waals surface area contributed by atoms with Gasteiger partial charge in [0.1, 0.15) is 0 Å². The van der Waals surface area contributed by atoms with Crippen LogP contribution < -0.4 is 14.8 Å². The van der Waals surface area contributed by atoms with Crippen LogP contribution in [0.15, 0.2) is 36.4 Å². The number of amides is 1. The summed E-state index contributed by atoms with van der Waals surface area (Å²) < 4.78 is 10.7. The van der Waals surface area contributed by atoms with Crippen molar-refractivity contribution in [2.75, 3.05) is 13.2 Å². The number of aliphatic carboxylic acids is 1. The first-order chi connectivity index (χ1) is 13.0. The summed E-state index contributed by atoms with van der Waals surface area (Å²) in [4.78, 5) is 23.4. The highest BCUT2D eigenvalue weighted by molar-refractivity contribution is 6.30. The first kappa shape index (κ1) is 19.0. The molecule has 0 aromatic heterocycles. The van der Waals surface area contributed by atoms with Gasteiger partial charge in [0.25, 0.3) is 5.91 Å². The van der Waals surface area contributed by atoms with Crippen LogP contribution in [-0.2, 0) is 11.2 Å². The molecule has 0 fully saturated rings. The second kappa shape index (κ2) is 8.31. The fourth-order valence-corrected chi connectivity index (χ4v) is 3.35. The first-order valence-electron chi connectivity index (χ1n) is 8.68. The van der Waals surface area contributed by atoms with Gasteiger partial charge in [0.2, 0.25) is 0 Å². The highest BCUT2D eigenvalue weighted by atomic mass is 35.5. The van der Waals surface area contributed by atoms with Gasteiger partial charge < -0.3 is 19.9 Å². The highest BCUT2D eigenvalue weighted by Crippen LogP contribution is 2.34. The fraction of sp³-hybridized carbons (Fsp3) is 0.300. The van der Waals surface area contributed by atoms with E-state index in [9.17, 15) is 9.59 Å². The Hall–Kier alpha value is -2.73. The number of carboxylic acid groups (broad SMARTS) is 1. The van der Waals surface area contributed by atoms with Crippen LogP contribution in [0.1, 0.15) is 40.9 Å². The normalized spacial score (nSPS) is 15.1. The van der Waals surface area contributed by atoms with Crippen LogP contribution >= 0.6 is 11.6 Å². The van der Waals surface area contributed by atoms with Crippen molar-refractivity contribution in [3.8, 4) is 11.5 Å². The van der Waals surface area contributed by atoms with Crippen LogP contribution in [-0.4, -0.2) is 30.2 Å². The molecule has 2 aromatic rings. The molecular formula is C20H20ClNO5. The monoisotopic (exact) mass is 389 g/mol. The van der Waals surface area contributed by atoms with E-state index in [0.717, 1.165) is 24.0 Å². The minimum atomic E-state index is -1.08. The van der Waals surface area contributed by atoms with Gasteiger partial charge in [-0.15, -0.1) is 0 Å². The zero-order valence-corrected chi connectivity index (χ0v) is 15.6. The number of hydrogen-bond acceptors (Lipinski definition) is 4. The van der Waals surface area contributed by atoms with Crippen molar-refractivity contribution in [1.82, 2.24) is 5.32 Å². The van der Waals surface area contributed by atoms with Gasteiger partial charge >= 0.3 is 5.97 Å². The Balaban J connectivity index is 1.75. The van der Waals surface area contributed by atoms with Gasteiger partial charge in [-0.25, -0.2) is 4.79 Å². The van der Waals surface area contributed by atoms with E-state index in [4.69, 9.17) is 26.2 Å². The van der Waals surface area contributed by atoms with Gasteiger partial charge in [0.05, 0.1) is 12.6 Å². The Morgan fingerprint density at radius 3 is 2.74 bits per heavy atom. The van der Waals surface area contributed by atoms with Gasteiger partial charge in [0.15, 0.2) is 18.1 Å². The molecule has 0 saturated carbocycles. The standard InChI is InChI=1S/C20H20ClNO5/c1-2-26-18-10-13(4-8-17(18)27-11-19(23)24)20(25)22-16-7-3-12-9-14(21)5-6-15(12)16/h4-6,8-10,16H,2-3,7,11H2,1H3,(H,22,25)(H,23,24). The lowest BCUT2D eigenvalue weighted by atomic mass is 10.1. The zero-order valence-electron chi connectivity index (χ0n) is 14.8. The van der Waals surface area contributed by atoms with Crippen LogP contribution in [0.3, 0.4) is 0 Å². The predicted octanol–water partition coefficient (Wildman–Crippen LogP) is 3.62. The number of fused-ring (bicyclic) bond motifs is 1. The lowest BCUT2D eigenvalue weighted by Crippen LogP contribution is -2.27. The van der Waals surface area contributed by atoms with Crippen LogP contribution in [0.2, 0.25) is 5.02 Å². The van der Waals surface area contributed by atoms with Crippen molar-refractivity contribution < 1.29 is 24.2 Å². The number of carboxylic acids is 1. The average molecular weight is 390 g/mol. The van der Waals surface area contributed by atoms with Gasteiger partial charge in [-0.3, -0.25) is 4.79 Å². The highest BCUT2D eigenvalue weighted by Gasteiger charge is 2.25. The Morgan fingerprint density at radius 2 is 2.00 bits per heavy atom. The summed E-state index contributed by atoms with van der Waals surface area (Å²) in [6, 6.07) is 10.3. The number of nitrogens with one attached hydrogen (secondary N) is 1. The van der Waals surface area contributed by atoms with Gasteiger partial charge in [-0.05, 0) is 61.2 Å². The number of hydrogen-bond donors (Lipinski definition) is 2. The summed E-state index contributed by atoms with van der Waals surface area (Å²) in [6.45, 7) is 1.69. The number of aryl methyl sites for hydroxylation is 1. The Bertz CT molecular complexity index is 867. The molecule has 7 heteroatoms. The quantitative estimate of drug-likeness (QED) is 0.755. The lowest BCUT2D eigenvalue weighted by molar-refractivity contribution is -0.139. The van der Waals surface area contributed by atoms with Crippen molar-refractivity contribution in [3.63, 3.8) is 0 Å². The molecule has 6 nitrogen and oxygen atoms in total. The van der Waals surface area contributed by atoms with E-state index in [1.807, 2.05) is 18.2 Å². The number of halogens is 1. The largest absolute Gasteiger partial charge is 0.490 e. The zero-order chi connectivity index (χ0) is 19.4. The maximum Gasteiger partial charge on any atom is 0.341 e. The molecular weight excluding hydrogens is 370 g/mol. The third-order valence-corrected chi connectivity index (χ3v) is 4.58. The molecule has 1 atom stereocenters. The molecule has 1 aliphatic rings. The fourth-order valence-electron chi connectivity index (χ4n) is 3.15. The summed E-state index contributed by atoms with van der Waals surface area (Å²) >= 11 is 6.03. The van der Waals surface area contributed by atoms with E-state index in [1.54, 1.807) is 25.1 Å². The van der Waals surface area contributed by atoms with E-state index in [0.29, 0.717) is 22.9 Å². The van der Waals surface area contributed by atoms with Crippen LogP contribution in [0.5, 0.6) is 11.5 Å². The minimum Gasteiger partial charge on any atom is -0.490 e. The van der Waals surface area contributed by atoms with Crippen molar-refractivity contribution in [1.29, 1.82) is 0 Å². The molecule has 3 rings (SSSR count). The number of rotatable bonds is 7. The SMILES string of the molecule is CCOc1cc(C(=O)NC2CCc3cc(Cl)ccc32)ccc1OCC(=O)O. The van der Waals surface area contributed by atoms with E-state index in [-0.39, 0.29) is 17.7 Å². The third-order valence-electron chi connectivity index (χ3n) is 4.34. The maximum atomic E-state index is 12.7. The molecule has 1 unspecified atom stereocenters. The molecule has 27 heavy (non-hydrogen) atoms. The summed E-state index contributed by atoms with van der Waals surface area (Å²) in [6.07, 6.45) is 1.69. The molecule has 2 N–H and O–H groups in total. The summed E-state index contributed by atoms with van der Waals surface area (Å²) in [5, 5.41) is 12.5. The number of carbonyl (C=O) groups is 2. The van der Waals surface area contributed by atoms with E-state index in [2.05, 4.69) is 5.32 Å². The second-order valence-corrected chi connectivity index (χ2v) is 6.62. The van der Waals surface area contributed by atoms with Gasteiger partial charge in [-0.1, -0.05) is 17.7 Å². The Labute approximate surface area is 162 Å². The van der Waals surface area contributed by atoms with Gasteiger partial charge in [-0.2, -0.15) is 0 Å². The molecule has 2 aromatic carbocycles. The lowest BCUT2D eigenvalue weighted by Gasteiger charge is -2.16. The predicted molar refractivity (Wildman–Crippen MR) is 101 cm³/mol. The van der Waals surface area contributed by atoms with Crippen molar-refractivity contribution >= 4 is 23.5 Å². The van der Waals surface area contributed by atoms with Crippen LogP contribution in [0, 0.1) is 0 Å². The molecule has 142 valence electrons. The molecule has 1 aliphatic carbocycles. The number of ether oxygens (including phenoxy) is 2. The molecule has 0 heterocycles. The number of benzene rings is 2. The molecule has 0 radical (unpaired) electrons. The van der Waals surface area contributed by atoms with Crippen molar-refractivity contribution in [2.24, 2.45) is 0 Å². The number of carbonyl (C=O) groups excluding carboxylic acids is 1. The molecule has 0 bridgehead atoms. The van der Waals surface area contributed by atoms with E-state index < -0.39 is 12.6 Å². The Kier molecular flexibility index (Phi) is 5.86. The first-order valence-corrected chi connectivity index (χ1v) is 9.06. The minimum absolute atomic E-state index is 0.0664. The molecule has 0 saturated heterocycles. The topological polar surface area (TPSA) is 84.9 Å². The maximum absolute atomic E-state index is 12.7. The average Bonchev–Trinajstić information content (AvgIpc) is 3.02. The molecule has 1 amide bonds. The smallest absolute Gasteiger partial charge is 0.341 e. The van der Waals surface area contributed by atoms with E-state index >= 15 is 0 Å². The summed E-state index contributed by atoms with van der Waals surface area (Å²) in [5.41, 5.74) is 2.66. The Morgan fingerprint density at radius 1 is 1.19 bits per heavy atom. The summed E-state index contributed by atoms with van der Waals surface area (Å²) in [5.74, 6) is -0.686. The molecule has 0 spiro atoms. The third kappa shape index (κ3) is 4.52. The summed E-state index contributed by atoms with van der Waals surface area (Å²) in [7, 11) is 0. The second-order valence-electron chi connectivity index (χ2n) is 6.18.